The third-order valence-corrected chi connectivity index (χ3v) is 5.65. The molecule has 0 spiro atoms. The quantitative estimate of drug-likeness (QED) is 0.326. The van der Waals surface area contributed by atoms with Crippen LogP contribution in [0.5, 0.6) is 28.7 Å². The van der Waals surface area contributed by atoms with E-state index in [1.165, 1.54) is 6.07 Å². The van der Waals surface area contributed by atoms with Gasteiger partial charge in [0.25, 0.3) is 0 Å². The molecule has 1 aromatic heterocycles. The summed E-state index contributed by atoms with van der Waals surface area (Å²) in [7, 11) is 0. The van der Waals surface area contributed by atoms with Gasteiger partial charge in [-0.25, -0.2) is 0 Å². The largest absolute Gasteiger partial charge is 0.508 e. The lowest BCUT2D eigenvalue weighted by atomic mass is 9.92. The molecule has 10 nitrogen and oxygen atoms in total. The Kier molecular flexibility index (Phi) is 5.37. The number of aliphatic hydroxyl groups excluding tert-OH is 2. The molecule has 1 saturated heterocycles. The van der Waals surface area contributed by atoms with Gasteiger partial charge in [-0.2, -0.15) is 0 Å². The summed E-state index contributed by atoms with van der Waals surface area (Å²) in [6.45, 7) is 3.36. The van der Waals surface area contributed by atoms with Crippen LogP contribution in [0, 0.1) is 5.92 Å². The standard InChI is InChI=1S/C22H22O10/c1-8-9(2)30-22(19(29)17(8)27)32-21-18(28)16-14(26)6-11(23)7-15(16)31-20(21)10-3-4-12(24)13(25)5-10/h3-9,17,19,22-27,29H,1-2H3/t8-,9?,17+,19+,22-/m0/s1. The minimum Gasteiger partial charge on any atom is -0.508 e. The first-order valence-corrected chi connectivity index (χ1v) is 9.82. The summed E-state index contributed by atoms with van der Waals surface area (Å²) < 4.78 is 17.0. The predicted octanol–water partition coefficient (Wildman–Crippen LogP) is 1.76. The van der Waals surface area contributed by atoms with Crippen molar-refractivity contribution in [1.29, 1.82) is 0 Å². The molecule has 32 heavy (non-hydrogen) atoms. The highest BCUT2D eigenvalue weighted by Crippen LogP contribution is 2.39. The van der Waals surface area contributed by atoms with Gasteiger partial charge in [0.15, 0.2) is 17.3 Å². The molecule has 4 rings (SSSR count). The summed E-state index contributed by atoms with van der Waals surface area (Å²) in [5.74, 6) is -2.93. The second-order valence-electron chi connectivity index (χ2n) is 7.80. The first-order chi connectivity index (χ1) is 15.1. The van der Waals surface area contributed by atoms with E-state index in [9.17, 15) is 35.4 Å². The molecule has 0 aliphatic carbocycles. The Morgan fingerprint density at radius 3 is 2.31 bits per heavy atom. The highest BCUT2D eigenvalue weighted by molar-refractivity contribution is 5.88. The molecule has 2 heterocycles. The van der Waals surface area contributed by atoms with Gasteiger partial charge in [-0.15, -0.1) is 0 Å². The summed E-state index contributed by atoms with van der Waals surface area (Å²) in [6, 6.07) is 5.69. The number of hydrogen-bond donors (Lipinski definition) is 6. The Labute approximate surface area is 181 Å². The Bertz CT molecular complexity index is 1230. The van der Waals surface area contributed by atoms with Crippen molar-refractivity contribution in [2.45, 2.75) is 38.4 Å². The fourth-order valence-electron chi connectivity index (χ4n) is 3.61. The van der Waals surface area contributed by atoms with Crippen LogP contribution in [0.2, 0.25) is 0 Å². The Morgan fingerprint density at radius 2 is 1.62 bits per heavy atom. The van der Waals surface area contributed by atoms with Crippen molar-refractivity contribution < 1.29 is 44.5 Å². The average Bonchev–Trinajstić information content (AvgIpc) is 2.73. The molecule has 1 fully saturated rings. The lowest BCUT2D eigenvalue weighted by Gasteiger charge is -2.39. The number of fused-ring (bicyclic) bond motifs is 1. The summed E-state index contributed by atoms with van der Waals surface area (Å²) >= 11 is 0. The molecular formula is C22H22O10. The van der Waals surface area contributed by atoms with Gasteiger partial charge in [0.2, 0.25) is 17.5 Å². The SMILES string of the molecule is CC1O[C@@H](Oc2c(-c3ccc(O)c(O)c3)oc3cc(O)cc(O)c3c2=O)[C@H](O)[C@H](O)[C@H]1C. The first kappa shape index (κ1) is 21.8. The van der Waals surface area contributed by atoms with Gasteiger partial charge in [0.1, 0.15) is 28.6 Å². The molecule has 0 radical (unpaired) electrons. The van der Waals surface area contributed by atoms with E-state index in [-0.39, 0.29) is 28.0 Å². The molecule has 1 aliphatic rings. The van der Waals surface area contributed by atoms with E-state index in [0.717, 1.165) is 24.3 Å². The van der Waals surface area contributed by atoms with Crippen molar-refractivity contribution in [1.82, 2.24) is 0 Å². The molecule has 6 N–H and O–H groups in total. The minimum absolute atomic E-state index is 0.115. The van der Waals surface area contributed by atoms with Gasteiger partial charge in [-0.1, -0.05) is 6.92 Å². The Balaban J connectivity index is 1.92. The van der Waals surface area contributed by atoms with Crippen molar-refractivity contribution in [3.05, 3.63) is 40.6 Å². The van der Waals surface area contributed by atoms with Crippen molar-refractivity contribution in [2.24, 2.45) is 5.92 Å². The maximum atomic E-state index is 13.3. The monoisotopic (exact) mass is 446 g/mol. The molecule has 1 unspecified atom stereocenters. The maximum absolute atomic E-state index is 13.3. The lowest BCUT2D eigenvalue weighted by molar-refractivity contribution is -0.251. The zero-order chi connectivity index (χ0) is 23.3. The zero-order valence-corrected chi connectivity index (χ0v) is 17.1. The molecule has 2 aromatic carbocycles. The Morgan fingerprint density at radius 1 is 0.906 bits per heavy atom. The van der Waals surface area contributed by atoms with E-state index in [1.54, 1.807) is 13.8 Å². The van der Waals surface area contributed by atoms with Gasteiger partial charge in [-0.05, 0) is 25.1 Å². The van der Waals surface area contributed by atoms with Crippen LogP contribution in [0.3, 0.4) is 0 Å². The van der Waals surface area contributed by atoms with Gasteiger partial charge in [0, 0.05) is 23.6 Å². The zero-order valence-electron chi connectivity index (χ0n) is 17.1. The number of phenols is 4. The average molecular weight is 446 g/mol. The third-order valence-electron chi connectivity index (χ3n) is 5.65. The summed E-state index contributed by atoms with van der Waals surface area (Å²) in [5, 5.41) is 59.9. The molecule has 1 aliphatic heterocycles. The maximum Gasteiger partial charge on any atom is 0.239 e. The van der Waals surface area contributed by atoms with Crippen LogP contribution in [0.25, 0.3) is 22.3 Å². The second-order valence-corrected chi connectivity index (χ2v) is 7.80. The topological polar surface area (TPSA) is 170 Å². The Hall–Kier alpha value is -3.47. The number of aliphatic hydroxyl groups is 2. The number of rotatable bonds is 3. The fraction of sp³-hybridized carbons (Fsp3) is 0.318. The smallest absolute Gasteiger partial charge is 0.239 e. The molecule has 5 atom stereocenters. The normalized spacial score (nSPS) is 25.7. The number of benzene rings is 2. The number of phenolic OH excluding ortho intramolecular Hbond substituents is 4. The van der Waals surface area contributed by atoms with E-state index in [4.69, 9.17) is 13.9 Å². The fourth-order valence-corrected chi connectivity index (χ4v) is 3.61. The molecule has 0 amide bonds. The van der Waals surface area contributed by atoms with E-state index >= 15 is 0 Å². The van der Waals surface area contributed by atoms with Crippen LogP contribution in [-0.4, -0.2) is 55.2 Å². The number of ether oxygens (including phenoxy) is 2. The van der Waals surface area contributed by atoms with Crippen LogP contribution in [0.4, 0.5) is 0 Å². The summed E-state index contributed by atoms with van der Waals surface area (Å²) in [5.41, 5.74) is -0.901. The highest BCUT2D eigenvalue weighted by atomic mass is 16.7. The van der Waals surface area contributed by atoms with E-state index in [1.807, 2.05) is 0 Å². The minimum atomic E-state index is -1.49. The molecule has 0 saturated carbocycles. The van der Waals surface area contributed by atoms with E-state index < -0.39 is 58.9 Å². The molecule has 170 valence electrons. The number of hydrogen-bond acceptors (Lipinski definition) is 10. The summed E-state index contributed by atoms with van der Waals surface area (Å²) in [4.78, 5) is 13.3. The van der Waals surface area contributed by atoms with Crippen LogP contribution < -0.4 is 10.2 Å². The van der Waals surface area contributed by atoms with E-state index in [2.05, 4.69) is 0 Å². The van der Waals surface area contributed by atoms with Gasteiger partial charge < -0.3 is 44.5 Å². The first-order valence-electron chi connectivity index (χ1n) is 9.82. The van der Waals surface area contributed by atoms with Gasteiger partial charge >= 0.3 is 0 Å². The van der Waals surface area contributed by atoms with Crippen molar-refractivity contribution in [2.75, 3.05) is 0 Å². The predicted molar refractivity (Wildman–Crippen MR) is 111 cm³/mol. The van der Waals surface area contributed by atoms with Crippen molar-refractivity contribution in [3.8, 4) is 40.1 Å². The molecule has 10 heteroatoms. The van der Waals surface area contributed by atoms with Gasteiger partial charge in [0.05, 0.1) is 12.2 Å². The van der Waals surface area contributed by atoms with Crippen LogP contribution in [0.15, 0.2) is 39.5 Å². The molecular weight excluding hydrogens is 424 g/mol. The van der Waals surface area contributed by atoms with Crippen LogP contribution in [-0.2, 0) is 4.74 Å². The molecule has 0 bridgehead atoms. The molecule has 3 aromatic rings. The van der Waals surface area contributed by atoms with Gasteiger partial charge in [-0.3, -0.25) is 4.79 Å². The second kappa shape index (κ2) is 7.90. The van der Waals surface area contributed by atoms with Crippen molar-refractivity contribution in [3.63, 3.8) is 0 Å². The van der Waals surface area contributed by atoms with Crippen LogP contribution >= 0.6 is 0 Å². The van der Waals surface area contributed by atoms with Crippen molar-refractivity contribution >= 4 is 11.0 Å². The highest BCUT2D eigenvalue weighted by Gasteiger charge is 2.42. The summed E-state index contributed by atoms with van der Waals surface area (Å²) in [6.07, 6.45) is -4.65. The van der Waals surface area contributed by atoms with E-state index in [0.29, 0.717) is 0 Å². The lowest BCUT2D eigenvalue weighted by Crippen LogP contribution is -2.55. The third kappa shape index (κ3) is 3.58. The van der Waals surface area contributed by atoms with Crippen LogP contribution in [0.1, 0.15) is 13.8 Å². The number of aromatic hydroxyl groups is 4.